The highest BCUT2D eigenvalue weighted by Gasteiger charge is 2.07. The van der Waals surface area contributed by atoms with Gasteiger partial charge in [-0.15, -0.1) is 0 Å². The third-order valence-corrected chi connectivity index (χ3v) is 3.67. The number of benzene rings is 1. The van der Waals surface area contributed by atoms with Crippen molar-refractivity contribution in [1.82, 2.24) is 5.32 Å². The zero-order valence-corrected chi connectivity index (χ0v) is 12.5. The van der Waals surface area contributed by atoms with Crippen LogP contribution in [0.5, 0.6) is 0 Å². The van der Waals surface area contributed by atoms with Gasteiger partial charge in [-0.2, -0.15) is 0 Å². The Labute approximate surface area is 118 Å². The van der Waals surface area contributed by atoms with E-state index in [2.05, 4.69) is 43.4 Å². The summed E-state index contributed by atoms with van der Waals surface area (Å²) in [6.07, 6.45) is 6.72. The van der Waals surface area contributed by atoms with Gasteiger partial charge in [-0.1, -0.05) is 51.0 Å². The van der Waals surface area contributed by atoms with E-state index in [4.69, 9.17) is 5.11 Å². The van der Waals surface area contributed by atoms with Crippen LogP contribution in [-0.4, -0.2) is 18.3 Å². The molecule has 1 rings (SSSR count). The Bertz CT molecular complexity index is 321. The van der Waals surface area contributed by atoms with Crippen LogP contribution < -0.4 is 5.32 Å². The molecule has 0 saturated carbocycles. The second kappa shape index (κ2) is 9.99. The molecule has 0 amide bonds. The molecule has 0 bridgehead atoms. The van der Waals surface area contributed by atoms with E-state index in [9.17, 15) is 0 Å². The van der Waals surface area contributed by atoms with Gasteiger partial charge in [-0.3, -0.25) is 0 Å². The maximum Gasteiger partial charge on any atom is 0.0431 e. The molecule has 0 aliphatic carbocycles. The van der Waals surface area contributed by atoms with Crippen LogP contribution in [0, 0.1) is 0 Å². The van der Waals surface area contributed by atoms with Gasteiger partial charge in [-0.25, -0.2) is 0 Å². The maximum atomic E-state index is 8.72. The van der Waals surface area contributed by atoms with Crippen LogP contribution in [0.4, 0.5) is 0 Å². The molecule has 108 valence electrons. The lowest BCUT2D eigenvalue weighted by Gasteiger charge is -2.17. The molecule has 19 heavy (non-hydrogen) atoms. The number of nitrogens with one attached hydrogen (secondary N) is 1. The fraction of sp³-hybridized carbons (Fsp3) is 0.647. The summed E-state index contributed by atoms with van der Waals surface area (Å²) in [7, 11) is 0. The van der Waals surface area contributed by atoms with Crippen molar-refractivity contribution >= 4 is 0 Å². The van der Waals surface area contributed by atoms with Crippen molar-refractivity contribution in [2.24, 2.45) is 0 Å². The quantitative estimate of drug-likeness (QED) is 0.629. The molecule has 0 spiro atoms. The van der Waals surface area contributed by atoms with E-state index in [0.717, 1.165) is 32.2 Å². The molecule has 2 heteroatoms. The fourth-order valence-corrected chi connectivity index (χ4v) is 2.35. The average molecular weight is 263 g/mol. The molecule has 0 saturated heterocycles. The van der Waals surface area contributed by atoms with Crippen molar-refractivity contribution in [3.05, 3.63) is 35.4 Å². The molecule has 0 aliphatic heterocycles. The van der Waals surface area contributed by atoms with Crippen molar-refractivity contribution in [3.8, 4) is 0 Å². The van der Waals surface area contributed by atoms with Gasteiger partial charge in [0.25, 0.3) is 0 Å². The standard InChI is InChI=1S/C17H29NO/c1-3-15-9-11-16(12-10-15)17(4-2)18-13-7-5-6-8-14-19/h9-12,17-19H,3-8,13-14H2,1-2H3. The van der Waals surface area contributed by atoms with E-state index in [1.807, 2.05) is 0 Å². The zero-order valence-electron chi connectivity index (χ0n) is 12.5. The lowest BCUT2D eigenvalue weighted by atomic mass is 10.0. The molecule has 0 radical (unpaired) electrons. The number of aliphatic hydroxyl groups excluding tert-OH is 1. The van der Waals surface area contributed by atoms with Crippen LogP contribution in [0.2, 0.25) is 0 Å². The maximum absolute atomic E-state index is 8.72. The Balaban J connectivity index is 2.31. The van der Waals surface area contributed by atoms with E-state index in [-0.39, 0.29) is 0 Å². The van der Waals surface area contributed by atoms with Gasteiger partial charge in [0.05, 0.1) is 0 Å². The number of rotatable bonds is 10. The predicted octanol–water partition coefficient (Wildman–Crippen LogP) is 3.84. The van der Waals surface area contributed by atoms with E-state index in [1.165, 1.54) is 24.0 Å². The summed E-state index contributed by atoms with van der Waals surface area (Å²) in [5.74, 6) is 0. The molecule has 0 aliphatic rings. The van der Waals surface area contributed by atoms with Crippen molar-refractivity contribution in [2.75, 3.05) is 13.2 Å². The molecule has 1 aromatic rings. The fourth-order valence-electron chi connectivity index (χ4n) is 2.35. The highest BCUT2D eigenvalue weighted by atomic mass is 16.2. The van der Waals surface area contributed by atoms with Crippen molar-refractivity contribution in [1.29, 1.82) is 0 Å². The average Bonchev–Trinajstić information content (AvgIpc) is 2.47. The number of hydrogen-bond donors (Lipinski definition) is 2. The third kappa shape index (κ3) is 6.22. The van der Waals surface area contributed by atoms with Gasteiger partial charge < -0.3 is 10.4 Å². The summed E-state index contributed by atoms with van der Waals surface area (Å²) in [5.41, 5.74) is 2.80. The smallest absolute Gasteiger partial charge is 0.0431 e. The first-order valence-electron chi connectivity index (χ1n) is 7.74. The summed E-state index contributed by atoms with van der Waals surface area (Å²) in [6, 6.07) is 9.46. The first kappa shape index (κ1) is 16.2. The minimum atomic E-state index is 0.328. The first-order chi connectivity index (χ1) is 9.31. The van der Waals surface area contributed by atoms with Crippen LogP contribution in [0.25, 0.3) is 0 Å². The van der Waals surface area contributed by atoms with Crippen LogP contribution in [0.1, 0.15) is 63.1 Å². The molecule has 0 heterocycles. The third-order valence-electron chi connectivity index (χ3n) is 3.67. The number of hydrogen-bond acceptors (Lipinski definition) is 2. The van der Waals surface area contributed by atoms with E-state index in [0.29, 0.717) is 12.6 Å². The number of aryl methyl sites for hydroxylation is 1. The van der Waals surface area contributed by atoms with Crippen LogP contribution in [0.15, 0.2) is 24.3 Å². The van der Waals surface area contributed by atoms with Gasteiger partial charge in [-0.05, 0) is 43.4 Å². The normalized spacial score (nSPS) is 12.6. The lowest BCUT2D eigenvalue weighted by Crippen LogP contribution is -2.21. The molecular formula is C17H29NO. The molecular weight excluding hydrogens is 234 g/mol. The molecule has 1 unspecified atom stereocenters. The van der Waals surface area contributed by atoms with Gasteiger partial charge in [0.15, 0.2) is 0 Å². The predicted molar refractivity (Wildman–Crippen MR) is 82.4 cm³/mol. The summed E-state index contributed by atoms with van der Waals surface area (Å²) in [6.45, 7) is 5.82. The van der Waals surface area contributed by atoms with Crippen LogP contribution >= 0.6 is 0 Å². The van der Waals surface area contributed by atoms with Gasteiger partial charge in [0, 0.05) is 12.6 Å². The van der Waals surface area contributed by atoms with E-state index >= 15 is 0 Å². The largest absolute Gasteiger partial charge is 0.396 e. The van der Waals surface area contributed by atoms with E-state index in [1.54, 1.807) is 0 Å². The minimum absolute atomic E-state index is 0.328. The Morgan fingerprint density at radius 3 is 2.26 bits per heavy atom. The van der Waals surface area contributed by atoms with Gasteiger partial charge in [0.1, 0.15) is 0 Å². The Morgan fingerprint density at radius 1 is 1.00 bits per heavy atom. The van der Waals surface area contributed by atoms with Gasteiger partial charge in [0.2, 0.25) is 0 Å². The van der Waals surface area contributed by atoms with Crippen molar-refractivity contribution in [2.45, 2.75) is 58.4 Å². The summed E-state index contributed by atoms with van der Waals surface area (Å²) in [4.78, 5) is 0. The SMILES string of the molecule is CCc1ccc(C(CC)NCCCCCCO)cc1. The topological polar surface area (TPSA) is 32.3 Å². The first-order valence-corrected chi connectivity index (χ1v) is 7.74. The van der Waals surface area contributed by atoms with Crippen LogP contribution in [-0.2, 0) is 6.42 Å². The molecule has 0 fully saturated rings. The molecule has 1 atom stereocenters. The highest BCUT2D eigenvalue weighted by molar-refractivity contribution is 5.24. The van der Waals surface area contributed by atoms with Crippen LogP contribution in [0.3, 0.4) is 0 Å². The van der Waals surface area contributed by atoms with Gasteiger partial charge >= 0.3 is 0 Å². The second-order valence-corrected chi connectivity index (χ2v) is 5.15. The molecule has 2 nitrogen and oxygen atoms in total. The molecule has 0 aromatic heterocycles. The number of unbranched alkanes of at least 4 members (excludes halogenated alkanes) is 3. The lowest BCUT2D eigenvalue weighted by molar-refractivity contribution is 0.282. The Kier molecular flexibility index (Phi) is 8.52. The second-order valence-electron chi connectivity index (χ2n) is 5.15. The number of aliphatic hydroxyl groups is 1. The van der Waals surface area contributed by atoms with Crippen molar-refractivity contribution < 1.29 is 5.11 Å². The molecule has 1 aromatic carbocycles. The summed E-state index contributed by atoms with van der Waals surface area (Å²) in [5, 5.41) is 12.4. The monoisotopic (exact) mass is 263 g/mol. The van der Waals surface area contributed by atoms with E-state index < -0.39 is 0 Å². The zero-order chi connectivity index (χ0) is 13.9. The summed E-state index contributed by atoms with van der Waals surface area (Å²) >= 11 is 0. The van der Waals surface area contributed by atoms with Crippen molar-refractivity contribution in [3.63, 3.8) is 0 Å². The Morgan fingerprint density at radius 2 is 1.68 bits per heavy atom. The minimum Gasteiger partial charge on any atom is -0.396 e. The summed E-state index contributed by atoms with van der Waals surface area (Å²) < 4.78 is 0. The highest BCUT2D eigenvalue weighted by Crippen LogP contribution is 2.17. The Hall–Kier alpha value is -0.860. The molecule has 2 N–H and O–H groups in total.